The molecule has 19 heavy (non-hydrogen) atoms. The molecule has 0 atom stereocenters. The first-order chi connectivity index (χ1) is 9.28. The van der Waals surface area contributed by atoms with Crippen LogP contribution in [0.5, 0.6) is 0 Å². The van der Waals surface area contributed by atoms with Gasteiger partial charge in [-0.1, -0.05) is 33.2 Å². The van der Waals surface area contributed by atoms with Gasteiger partial charge in [0.15, 0.2) is 0 Å². The molecule has 0 amide bonds. The van der Waals surface area contributed by atoms with Crippen molar-refractivity contribution in [1.82, 2.24) is 15.1 Å². The van der Waals surface area contributed by atoms with Gasteiger partial charge in [-0.25, -0.2) is 0 Å². The quantitative estimate of drug-likeness (QED) is 0.786. The van der Waals surface area contributed by atoms with E-state index in [-0.39, 0.29) is 0 Å². The molecule has 5 nitrogen and oxygen atoms in total. The highest BCUT2D eigenvalue weighted by molar-refractivity contribution is 9.10. The number of rotatable bonds is 2. The highest BCUT2D eigenvalue weighted by Gasteiger charge is 2.13. The van der Waals surface area contributed by atoms with Crippen molar-refractivity contribution in [3.63, 3.8) is 0 Å². The summed E-state index contributed by atoms with van der Waals surface area (Å²) >= 11 is 3.44. The average Bonchev–Trinajstić information content (AvgIpc) is 3.08. The van der Waals surface area contributed by atoms with Crippen molar-refractivity contribution in [2.24, 2.45) is 0 Å². The van der Waals surface area contributed by atoms with E-state index in [0.29, 0.717) is 23.0 Å². The van der Waals surface area contributed by atoms with Crippen LogP contribution >= 0.6 is 15.9 Å². The molecule has 0 aliphatic carbocycles. The Hall–Kier alpha value is -2.39. The van der Waals surface area contributed by atoms with E-state index in [9.17, 15) is 0 Å². The molecular weight excluding hydrogens is 308 g/mol. The van der Waals surface area contributed by atoms with Crippen molar-refractivity contribution in [2.45, 2.75) is 0 Å². The summed E-state index contributed by atoms with van der Waals surface area (Å²) in [5.74, 6) is 0.880. The third-order valence-corrected chi connectivity index (χ3v) is 3.28. The van der Waals surface area contributed by atoms with Crippen molar-refractivity contribution in [3.8, 4) is 28.9 Å². The van der Waals surface area contributed by atoms with Crippen molar-refractivity contribution in [1.29, 1.82) is 5.26 Å². The molecule has 0 spiro atoms. The van der Waals surface area contributed by atoms with Crippen LogP contribution in [0.1, 0.15) is 5.69 Å². The number of H-pyrrole nitrogens is 1. The molecule has 0 unspecified atom stereocenters. The summed E-state index contributed by atoms with van der Waals surface area (Å²) < 4.78 is 6.10. The molecule has 0 aliphatic heterocycles. The molecule has 1 N–H and O–H groups in total. The standard InChI is InChI=1S/C13H7BrN4O/c14-11-4-2-1-3-10(11)12-17-13(19-18-12)8-5-9(6-15)16-7-8/h1-5,7,16H. The number of nitrogens with zero attached hydrogens (tertiary/aromatic N) is 3. The smallest absolute Gasteiger partial charge is 0.259 e. The maximum atomic E-state index is 8.76. The Bertz CT molecular complexity index is 769. The van der Waals surface area contributed by atoms with Gasteiger partial charge in [0, 0.05) is 16.2 Å². The predicted octanol–water partition coefficient (Wildman–Crippen LogP) is 3.37. The van der Waals surface area contributed by atoms with Gasteiger partial charge in [-0.15, -0.1) is 0 Å². The summed E-state index contributed by atoms with van der Waals surface area (Å²) in [5, 5.41) is 12.7. The van der Waals surface area contributed by atoms with Crippen LogP contribution in [0, 0.1) is 11.3 Å². The third kappa shape index (κ3) is 2.16. The number of nitrogens with one attached hydrogen (secondary N) is 1. The highest BCUT2D eigenvalue weighted by Crippen LogP contribution is 2.27. The topological polar surface area (TPSA) is 78.5 Å². The minimum atomic E-state index is 0.378. The maximum Gasteiger partial charge on any atom is 0.259 e. The van der Waals surface area contributed by atoms with E-state index in [1.165, 1.54) is 0 Å². The molecule has 3 rings (SSSR count). The number of hydrogen-bond donors (Lipinski definition) is 1. The fourth-order valence-electron chi connectivity index (χ4n) is 1.68. The Morgan fingerprint density at radius 1 is 1.32 bits per heavy atom. The van der Waals surface area contributed by atoms with Gasteiger partial charge >= 0.3 is 0 Å². The average molecular weight is 315 g/mol. The molecule has 0 fully saturated rings. The number of benzene rings is 1. The number of nitriles is 1. The third-order valence-electron chi connectivity index (χ3n) is 2.59. The zero-order valence-corrected chi connectivity index (χ0v) is 11.2. The van der Waals surface area contributed by atoms with Crippen molar-refractivity contribution >= 4 is 15.9 Å². The molecule has 0 saturated carbocycles. The minimum Gasteiger partial charge on any atom is -0.352 e. The first kappa shape index (κ1) is 11.7. The van der Waals surface area contributed by atoms with Crippen LogP contribution in [0.4, 0.5) is 0 Å². The molecule has 2 heterocycles. The van der Waals surface area contributed by atoms with E-state index in [0.717, 1.165) is 10.0 Å². The van der Waals surface area contributed by atoms with Gasteiger partial charge in [-0.05, 0) is 18.2 Å². The van der Waals surface area contributed by atoms with E-state index in [1.807, 2.05) is 30.3 Å². The lowest BCUT2D eigenvalue weighted by Gasteiger charge is -1.96. The Morgan fingerprint density at radius 3 is 2.89 bits per heavy atom. The Labute approximate surface area is 117 Å². The lowest BCUT2D eigenvalue weighted by atomic mass is 10.2. The van der Waals surface area contributed by atoms with Crippen molar-refractivity contribution < 1.29 is 4.52 Å². The Kier molecular flexibility index (Phi) is 2.89. The number of hydrogen-bond acceptors (Lipinski definition) is 4. The molecule has 92 valence electrons. The molecule has 3 aromatic rings. The molecule has 0 radical (unpaired) electrons. The fraction of sp³-hybridized carbons (Fsp3) is 0. The molecule has 0 saturated heterocycles. The van der Waals surface area contributed by atoms with E-state index in [1.54, 1.807) is 12.3 Å². The van der Waals surface area contributed by atoms with Gasteiger partial charge in [0.1, 0.15) is 11.8 Å². The molecule has 1 aromatic carbocycles. The number of aromatic nitrogens is 3. The van der Waals surface area contributed by atoms with Crippen LogP contribution in [0.15, 0.2) is 45.5 Å². The second-order valence-corrected chi connectivity index (χ2v) is 4.67. The molecule has 0 aliphatic rings. The molecule has 2 aromatic heterocycles. The van der Waals surface area contributed by atoms with Crippen LogP contribution in [0.3, 0.4) is 0 Å². The Balaban J connectivity index is 2.00. The summed E-state index contributed by atoms with van der Waals surface area (Å²) in [5.41, 5.74) is 2.01. The van der Waals surface area contributed by atoms with Gasteiger partial charge < -0.3 is 9.51 Å². The van der Waals surface area contributed by atoms with Crippen LogP contribution < -0.4 is 0 Å². The van der Waals surface area contributed by atoms with Crippen LogP contribution in [0.2, 0.25) is 0 Å². The lowest BCUT2D eigenvalue weighted by molar-refractivity contribution is 0.432. The van der Waals surface area contributed by atoms with Gasteiger partial charge in [-0.2, -0.15) is 10.2 Å². The van der Waals surface area contributed by atoms with Crippen LogP contribution in [-0.2, 0) is 0 Å². The largest absolute Gasteiger partial charge is 0.352 e. The molecule has 6 heteroatoms. The summed E-state index contributed by atoms with van der Waals surface area (Å²) in [7, 11) is 0. The zero-order valence-electron chi connectivity index (χ0n) is 9.59. The highest BCUT2D eigenvalue weighted by atomic mass is 79.9. The SMILES string of the molecule is N#Cc1cc(-c2nc(-c3ccccc3Br)no2)c[nH]1. The normalized spacial score (nSPS) is 10.3. The predicted molar refractivity (Wildman–Crippen MR) is 71.9 cm³/mol. The summed E-state index contributed by atoms with van der Waals surface area (Å²) in [4.78, 5) is 7.14. The number of halogens is 1. The summed E-state index contributed by atoms with van der Waals surface area (Å²) in [6.45, 7) is 0. The molecular formula is C13H7BrN4O. The second kappa shape index (κ2) is 4.71. The van der Waals surface area contributed by atoms with E-state index < -0.39 is 0 Å². The minimum absolute atomic E-state index is 0.378. The lowest BCUT2D eigenvalue weighted by Crippen LogP contribution is -1.81. The monoisotopic (exact) mass is 314 g/mol. The van der Waals surface area contributed by atoms with Crippen LogP contribution in [-0.4, -0.2) is 15.1 Å². The fourth-order valence-corrected chi connectivity index (χ4v) is 2.14. The van der Waals surface area contributed by atoms with E-state index >= 15 is 0 Å². The van der Waals surface area contributed by atoms with Gasteiger partial charge in [0.25, 0.3) is 5.89 Å². The first-order valence-electron chi connectivity index (χ1n) is 5.45. The Morgan fingerprint density at radius 2 is 2.16 bits per heavy atom. The zero-order chi connectivity index (χ0) is 13.2. The maximum absolute atomic E-state index is 8.76. The first-order valence-corrected chi connectivity index (χ1v) is 6.25. The van der Waals surface area contributed by atoms with Gasteiger partial charge in [0.05, 0.1) is 5.56 Å². The van der Waals surface area contributed by atoms with E-state index in [4.69, 9.17) is 9.78 Å². The summed E-state index contributed by atoms with van der Waals surface area (Å²) in [6.07, 6.45) is 1.66. The van der Waals surface area contributed by atoms with Crippen molar-refractivity contribution in [3.05, 3.63) is 46.7 Å². The van der Waals surface area contributed by atoms with Gasteiger partial charge in [-0.3, -0.25) is 0 Å². The van der Waals surface area contributed by atoms with Gasteiger partial charge in [0.2, 0.25) is 5.82 Å². The van der Waals surface area contributed by atoms with Crippen LogP contribution in [0.25, 0.3) is 22.8 Å². The molecule has 0 bridgehead atoms. The number of aromatic amines is 1. The second-order valence-electron chi connectivity index (χ2n) is 3.82. The van der Waals surface area contributed by atoms with Crippen molar-refractivity contribution in [2.75, 3.05) is 0 Å². The van der Waals surface area contributed by atoms with E-state index in [2.05, 4.69) is 31.1 Å². The summed E-state index contributed by atoms with van der Waals surface area (Å²) in [6, 6.07) is 11.3.